The summed E-state index contributed by atoms with van der Waals surface area (Å²) in [6.07, 6.45) is 0.467. The van der Waals surface area contributed by atoms with Gasteiger partial charge in [-0.25, -0.2) is 0 Å². The first-order valence-electron chi connectivity index (χ1n) is 8.69. The molecule has 26 heavy (non-hydrogen) atoms. The molecule has 0 unspecified atom stereocenters. The van der Waals surface area contributed by atoms with E-state index in [4.69, 9.17) is 16.9 Å². The molecule has 2 heterocycles. The van der Waals surface area contributed by atoms with Gasteiger partial charge in [0.25, 0.3) is 0 Å². The van der Waals surface area contributed by atoms with Crippen LogP contribution in [0.5, 0.6) is 0 Å². The summed E-state index contributed by atoms with van der Waals surface area (Å²) in [6, 6.07) is 9.83. The van der Waals surface area contributed by atoms with E-state index in [1.807, 2.05) is 17.5 Å². The van der Waals surface area contributed by atoms with Gasteiger partial charge in [0.2, 0.25) is 5.91 Å². The molecule has 0 atom stereocenters. The minimum absolute atomic E-state index is 0.0236. The molecule has 7 heteroatoms. The number of piperazine rings is 1. The Balaban J connectivity index is 1.46. The third kappa shape index (κ3) is 4.55. The van der Waals surface area contributed by atoms with Gasteiger partial charge >= 0.3 is 0 Å². The largest absolute Gasteiger partial charge is 0.360 e. The number of carbonyl (C=O) groups is 1. The highest BCUT2D eigenvalue weighted by Gasteiger charge is 2.22. The van der Waals surface area contributed by atoms with Crippen molar-refractivity contribution in [3.05, 3.63) is 45.8 Å². The van der Waals surface area contributed by atoms with Crippen molar-refractivity contribution in [3.63, 3.8) is 0 Å². The van der Waals surface area contributed by atoms with Gasteiger partial charge in [0.15, 0.2) is 0 Å². The maximum Gasteiger partial charge on any atom is 0.230 e. The first-order valence-corrected chi connectivity index (χ1v) is 9.94. The van der Waals surface area contributed by atoms with Gasteiger partial charge in [0.05, 0.1) is 44.7 Å². The van der Waals surface area contributed by atoms with Crippen LogP contribution < -0.4 is 15.1 Å². The highest BCUT2D eigenvalue weighted by Crippen LogP contribution is 2.24. The predicted octanol–water partition coefficient (Wildman–Crippen LogP) is 2.32. The van der Waals surface area contributed by atoms with Crippen LogP contribution in [0.15, 0.2) is 29.6 Å². The minimum atomic E-state index is -0.0236. The number of nitriles is 1. The molecule has 1 aliphatic rings. The van der Waals surface area contributed by atoms with Crippen LogP contribution in [0.4, 0.5) is 10.7 Å². The van der Waals surface area contributed by atoms with Crippen LogP contribution in [0.3, 0.4) is 0 Å². The molecule has 1 fully saturated rings. The maximum atomic E-state index is 12.1. The molecular weight excluding hydrogens is 368 g/mol. The van der Waals surface area contributed by atoms with E-state index < -0.39 is 0 Å². The lowest BCUT2D eigenvalue weighted by molar-refractivity contribution is -0.900. The number of nitrogens with one attached hydrogen (secondary N) is 2. The number of amides is 1. The van der Waals surface area contributed by atoms with Crippen molar-refractivity contribution >= 4 is 39.5 Å². The van der Waals surface area contributed by atoms with E-state index in [0.29, 0.717) is 17.0 Å². The fraction of sp³-hybridized carbons (Fsp3) is 0.368. The van der Waals surface area contributed by atoms with Gasteiger partial charge in [-0.1, -0.05) is 17.7 Å². The van der Waals surface area contributed by atoms with Crippen molar-refractivity contribution < 1.29 is 9.69 Å². The Bertz CT molecular complexity index is 821. The highest BCUT2D eigenvalue weighted by atomic mass is 35.5. The number of benzene rings is 1. The molecule has 2 aromatic rings. The summed E-state index contributed by atoms with van der Waals surface area (Å²) in [7, 11) is 0. The Hall–Kier alpha value is -2.07. The van der Waals surface area contributed by atoms with E-state index >= 15 is 0 Å². The average molecular weight is 390 g/mol. The molecule has 1 amide bonds. The van der Waals surface area contributed by atoms with Crippen LogP contribution in [0.25, 0.3) is 0 Å². The monoisotopic (exact) mass is 389 g/mol. The minimum Gasteiger partial charge on any atom is -0.360 e. The average Bonchev–Trinajstić information content (AvgIpc) is 3.09. The van der Waals surface area contributed by atoms with E-state index in [1.165, 1.54) is 27.5 Å². The van der Waals surface area contributed by atoms with Crippen molar-refractivity contribution in [3.8, 4) is 6.07 Å². The Labute approximate surface area is 162 Å². The summed E-state index contributed by atoms with van der Waals surface area (Å²) >= 11 is 7.52. The number of carbonyl (C=O) groups excluding carboxylic acids is 1. The van der Waals surface area contributed by atoms with Gasteiger partial charge in [-0.3, -0.25) is 4.79 Å². The van der Waals surface area contributed by atoms with Crippen LogP contribution in [-0.4, -0.2) is 38.6 Å². The van der Waals surface area contributed by atoms with Crippen LogP contribution in [0.2, 0.25) is 5.02 Å². The van der Waals surface area contributed by atoms with E-state index in [0.717, 1.165) is 37.7 Å². The van der Waals surface area contributed by atoms with Gasteiger partial charge in [0, 0.05) is 10.7 Å². The summed E-state index contributed by atoms with van der Waals surface area (Å²) in [5.74, 6) is -0.0236. The summed E-state index contributed by atoms with van der Waals surface area (Å²) < 4.78 is 0. The standard InChI is InChI=1S/C19H21ClN4OS/c1-14-2-3-16(20)12-17(14)24-9-7-23(8-10-24)6-4-18(25)22-19-15(13-21)5-11-26-19/h2-3,5,11-12H,4,6-10H2,1H3,(H,22,25)/p+1. The number of halogens is 1. The zero-order valence-corrected chi connectivity index (χ0v) is 16.3. The zero-order chi connectivity index (χ0) is 18.5. The number of aryl methyl sites for hydroxylation is 1. The van der Waals surface area contributed by atoms with Crippen molar-refractivity contribution in [2.45, 2.75) is 13.3 Å². The highest BCUT2D eigenvalue weighted by molar-refractivity contribution is 7.14. The number of rotatable bonds is 5. The number of hydrogen-bond acceptors (Lipinski definition) is 4. The lowest BCUT2D eigenvalue weighted by Gasteiger charge is -2.34. The molecule has 0 spiro atoms. The lowest BCUT2D eigenvalue weighted by atomic mass is 10.1. The normalized spacial score (nSPS) is 14.9. The van der Waals surface area contributed by atoms with Crippen LogP contribution in [-0.2, 0) is 4.79 Å². The molecule has 0 aliphatic carbocycles. The third-order valence-corrected chi connectivity index (χ3v) is 5.79. The number of nitrogens with zero attached hydrogens (tertiary/aromatic N) is 2. The zero-order valence-electron chi connectivity index (χ0n) is 14.7. The molecule has 0 bridgehead atoms. The third-order valence-electron chi connectivity index (χ3n) is 4.73. The molecule has 0 saturated carbocycles. The first-order chi connectivity index (χ1) is 12.6. The fourth-order valence-electron chi connectivity index (χ4n) is 3.21. The predicted molar refractivity (Wildman–Crippen MR) is 106 cm³/mol. The van der Waals surface area contributed by atoms with Gasteiger partial charge in [-0.15, -0.1) is 11.3 Å². The van der Waals surface area contributed by atoms with Gasteiger partial charge in [-0.05, 0) is 36.1 Å². The first kappa shape index (κ1) is 18.7. The molecule has 1 saturated heterocycles. The van der Waals surface area contributed by atoms with Crippen LogP contribution in [0.1, 0.15) is 17.5 Å². The number of anilines is 2. The Kier molecular flexibility index (Phi) is 6.15. The van der Waals surface area contributed by atoms with Gasteiger partial charge in [-0.2, -0.15) is 5.26 Å². The second-order valence-electron chi connectivity index (χ2n) is 6.49. The van der Waals surface area contributed by atoms with Crippen LogP contribution >= 0.6 is 22.9 Å². The molecule has 1 aromatic heterocycles. The molecule has 1 aliphatic heterocycles. The molecule has 5 nitrogen and oxygen atoms in total. The molecule has 1 aromatic carbocycles. The Morgan fingerprint density at radius 3 is 2.88 bits per heavy atom. The number of hydrogen-bond donors (Lipinski definition) is 2. The molecule has 136 valence electrons. The van der Waals surface area contributed by atoms with Crippen molar-refractivity contribution in [1.82, 2.24) is 0 Å². The van der Waals surface area contributed by atoms with Crippen molar-refractivity contribution in [2.75, 3.05) is 42.9 Å². The topological polar surface area (TPSA) is 60.6 Å². The van der Waals surface area contributed by atoms with E-state index in [1.54, 1.807) is 6.07 Å². The SMILES string of the molecule is Cc1ccc(Cl)cc1N1CC[NH+](CCC(=O)Nc2sccc2C#N)CC1. The Morgan fingerprint density at radius 1 is 1.38 bits per heavy atom. The molecule has 0 radical (unpaired) electrons. The number of quaternary nitrogens is 1. The summed E-state index contributed by atoms with van der Waals surface area (Å²) in [5.41, 5.74) is 2.97. The molecular formula is C19H22ClN4OS+. The van der Waals surface area contributed by atoms with E-state index in [-0.39, 0.29) is 5.91 Å². The quantitative estimate of drug-likeness (QED) is 0.825. The summed E-state index contributed by atoms with van der Waals surface area (Å²) in [5, 5.41) is 15.1. The van der Waals surface area contributed by atoms with E-state index in [9.17, 15) is 4.79 Å². The second-order valence-corrected chi connectivity index (χ2v) is 7.84. The molecule has 3 rings (SSSR count). The van der Waals surface area contributed by atoms with E-state index in [2.05, 4.69) is 29.3 Å². The van der Waals surface area contributed by atoms with Gasteiger partial charge in [0.1, 0.15) is 11.1 Å². The Morgan fingerprint density at radius 2 is 2.15 bits per heavy atom. The number of thiophene rings is 1. The molecule has 2 N–H and O–H groups in total. The maximum absolute atomic E-state index is 12.1. The van der Waals surface area contributed by atoms with Crippen molar-refractivity contribution in [1.29, 1.82) is 5.26 Å². The van der Waals surface area contributed by atoms with Crippen molar-refractivity contribution in [2.24, 2.45) is 0 Å². The van der Waals surface area contributed by atoms with Gasteiger partial charge < -0.3 is 15.1 Å². The fourth-order valence-corrected chi connectivity index (χ4v) is 4.13. The van der Waals surface area contributed by atoms with Crippen LogP contribution in [0, 0.1) is 18.3 Å². The summed E-state index contributed by atoms with van der Waals surface area (Å²) in [4.78, 5) is 15.9. The lowest BCUT2D eigenvalue weighted by Crippen LogP contribution is -3.15. The second kappa shape index (κ2) is 8.54. The summed E-state index contributed by atoms with van der Waals surface area (Å²) in [6.45, 7) is 6.84. The smallest absolute Gasteiger partial charge is 0.230 e.